The molecule has 1 aliphatic heterocycles. The van der Waals surface area contributed by atoms with Gasteiger partial charge in [0.25, 0.3) is 0 Å². The Kier molecular flexibility index (Phi) is 4.94. The largest absolute Gasteiger partial charge is 0.478 e. The molecule has 6 heteroatoms. The van der Waals surface area contributed by atoms with Gasteiger partial charge >= 0.3 is 5.97 Å². The van der Waals surface area contributed by atoms with Crippen LogP contribution in [0.5, 0.6) is 0 Å². The quantitative estimate of drug-likeness (QED) is 0.878. The minimum Gasteiger partial charge on any atom is -0.478 e. The van der Waals surface area contributed by atoms with Crippen LogP contribution in [0.2, 0.25) is 0 Å². The summed E-state index contributed by atoms with van der Waals surface area (Å²) in [6.45, 7) is 6.73. The molecule has 1 aromatic heterocycles. The van der Waals surface area contributed by atoms with Gasteiger partial charge < -0.3 is 9.52 Å². The highest BCUT2D eigenvalue weighted by atomic mass is 16.4. The highest BCUT2D eigenvalue weighted by molar-refractivity contribution is 5.87. The summed E-state index contributed by atoms with van der Waals surface area (Å²) in [6.07, 6.45) is 2.00. The minimum absolute atomic E-state index is 0.249. The average Bonchev–Trinajstić information content (AvgIpc) is 3.18. The third kappa shape index (κ3) is 4.00. The van der Waals surface area contributed by atoms with E-state index >= 15 is 0 Å². The lowest BCUT2D eigenvalue weighted by Crippen LogP contribution is -2.20. The van der Waals surface area contributed by atoms with E-state index in [0.29, 0.717) is 29.8 Å². The molecule has 0 saturated carbocycles. The zero-order chi connectivity index (χ0) is 17.1. The summed E-state index contributed by atoms with van der Waals surface area (Å²) < 4.78 is 5.67. The van der Waals surface area contributed by atoms with E-state index in [-0.39, 0.29) is 5.92 Å². The molecular formula is C18H23N3O3. The van der Waals surface area contributed by atoms with Crippen LogP contribution in [0.25, 0.3) is 0 Å². The molecule has 1 N–H and O–H groups in total. The van der Waals surface area contributed by atoms with Gasteiger partial charge in [0, 0.05) is 12.5 Å². The van der Waals surface area contributed by atoms with E-state index in [1.807, 2.05) is 26.0 Å². The first-order chi connectivity index (χ1) is 11.5. The van der Waals surface area contributed by atoms with Crippen molar-refractivity contribution in [2.45, 2.75) is 39.2 Å². The number of carboxylic acid groups (broad SMARTS) is 1. The average molecular weight is 329 g/mol. The monoisotopic (exact) mass is 329 g/mol. The molecule has 1 aliphatic rings. The Bertz CT molecular complexity index is 711. The van der Waals surface area contributed by atoms with Crippen molar-refractivity contribution in [1.29, 1.82) is 0 Å². The lowest BCUT2D eigenvalue weighted by Gasteiger charge is -2.14. The van der Waals surface area contributed by atoms with E-state index in [1.165, 1.54) is 0 Å². The maximum Gasteiger partial charge on any atom is 0.335 e. The molecule has 1 saturated heterocycles. The summed E-state index contributed by atoms with van der Waals surface area (Å²) in [5.41, 5.74) is 1.44. The van der Waals surface area contributed by atoms with Crippen molar-refractivity contribution >= 4 is 5.97 Å². The molecule has 0 spiro atoms. The van der Waals surface area contributed by atoms with Crippen LogP contribution in [0, 0.1) is 5.92 Å². The number of aromatic nitrogens is 2. The number of rotatable bonds is 6. The molecule has 1 atom stereocenters. The van der Waals surface area contributed by atoms with Crippen molar-refractivity contribution in [3.05, 3.63) is 47.2 Å². The second-order valence-electron chi connectivity index (χ2n) is 6.79. The highest BCUT2D eigenvalue weighted by Crippen LogP contribution is 2.23. The van der Waals surface area contributed by atoms with Gasteiger partial charge in [0.15, 0.2) is 0 Å². The first-order valence-electron chi connectivity index (χ1n) is 8.38. The topological polar surface area (TPSA) is 79.5 Å². The van der Waals surface area contributed by atoms with Gasteiger partial charge in [0.1, 0.15) is 0 Å². The lowest BCUT2D eigenvalue weighted by atomic mass is 9.97. The molecule has 24 heavy (non-hydrogen) atoms. The van der Waals surface area contributed by atoms with E-state index in [0.717, 1.165) is 31.5 Å². The fraction of sp³-hybridized carbons (Fsp3) is 0.500. The predicted octanol–water partition coefficient (Wildman–Crippen LogP) is 2.96. The summed E-state index contributed by atoms with van der Waals surface area (Å²) >= 11 is 0. The number of hydrogen-bond donors (Lipinski definition) is 1. The van der Waals surface area contributed by atoms with E-state index in [4.69, 9.17) is 9.52 Å². The van der Waals surface area contributed by atoms with Crippen molar-refractivity contribution in [1.82, 2.24) is 15.1 Å². The summed E-state index contributed by atoms with van der Waals surface area (Å²) in [5.74, 6) is 1.27. The zero-order valence-electron chi connectivity index (χ0n) is 14.1. The third-order valence-electron chi connectivity index (χ3n) is 4.40. The maximum absolute atomic E-state index is 11.1. The van der Waals surface area contributed by atoms with Crippen LogP contribution in [0.4, 0.5) is 0 Å². The molecule has 6 nitrogen and oxygen atoms in total. The number of carboxylic acids is 1. The molecule has 1 fully saturated rings. The number of likely N-dealkylation sites (tertiary alicyclic amines) is 1. The van der Waals surface area contributed by atoms with Crippen LogP contribution >= 0.6 is 0 Å². The van der Waals surface area contributed by atoms with Crippen molar-refractivity contribution in [2.24, 2.45) is 5.92 Å². The lowest BCUT2D eigenvalue weighted by molar-refractivity contribution is 0.0696. The maximum atomic E-state index is 11.1. The number of hydrogen-bond acceptors (Lipinski definition) is 5. The van der Waals surface area contributed by atoms with Gasteiger partial charge in [-0.3, -0.25) is 4.90 Å². The SMILES string of the molecule is CC(C)c1nnc(CN2CC[C@@H](Cc3cccc(C(=O)O)c3)C2)o1. The van der Waals surface area contributed by atoms with Crippen LogP contribution in [-0.2, 0) is 13.0 Å². The Morgan fingerprint density at radius 3 is 2.96 bits per heavy atom. The third-order valence-corrected chi connectivity index (χ3v) is 4.40. The molecule has 2 aromatic rings. The molecule has 128 valence electrons. The molecule has 0 radical (unpaired) electrons. The van der Waals surface area contributed by atoms with Crippen LogP contribution < -0.4 is 0 Å². The smallest absolute Gasteiger partial charge is 0.335 e. The number of carbonyl (C=O) groups is 1. The van der Waals surface area contributed by atoms with E-state index in [2.05, 4.69) is 15.1 Å². The Labute approximate surface area is 141 Å². The van der Waals surface area contributed by atoms with Crippen LogP contribution in [0.15, 0.2) is 28.7 Å². The molecular weight excluding hydrogens is 306 g/mol. The molecule has 3 rings (SSSR count). The van der Waals surface area contributed by atoms with Crippen molar-refractivity contribution in [3.8, 4) is 0 Å². The second-order valence-corrected chi connectivity index (χ2v) is 6.79. The van der Waals surface area contributed by atoms with Gasteiger partial charge in [0.2, 0.25) is 11.8 Å². The molecule has 1 aromatic carbocycles. The fourth-order valence-electron chi connectivity index (χ4n) is 3.14. The molecule has 2 heterocycles. The van der Waals surface area contributed by atoms with Crippen LogP contribution in [0.1, 0.15) is 53.9 Å². The van der Waals surface area contributed by atoms with Gasteiger partial charge in [-0.05, 0) is 43.0 Å². The highest BCUT2D eigenvalue weighted by Gasteiger charge is 2.24. The fourth-order valence-corrected chi connectivity index (χ4v) is 3.14. The van der Waals surface area contributed by atoms with Gasteiger partial charge in [-0.1, -0.05) is 26.0 Å². The molecule has 0 bridgehead atoms. The minimum atomic E-state index is -0.873. The first-order valence-corrected chi connectivity index (χ1v) is 8.38. The van der Waals surface area contributed by atoms with Crippen molar-refractivity contribution in [3.63, 3.8) is 0 Å². The van der Waals surface area contributed by atoms with Gasteiger partial charge in [-0.2, -0.15) is 0 Å². The van der Waals surface area contributed by atoms with E-state index in [1.54, 1.807) is 12.1 Å². The summed E-state index contributed by atoms with van der Waals surface area (Å²) in [4.78, 5) is 13.4. The van der Waals surface area contributed by atoms with E-state index < -0.39 is 5.97 Å². The standard InChI is InChI=1S/C18H23N3O3/c1-12(2)17-20-19-16(24-17)11-21-7-6-14(10-21)8-13-4-3-5-15(9-13)18(22)23/h3-5,9,12,14H,6-8,10-11H2,1-2H3,(H,22,23)/t14-/m0/s1. The van der Waals surface area contributed by atoms with Crippen LogP contribution in [0.3, 0.4) is 0 Å². The normalized spacial score (nSPS) is 18.4. The zero-order valence-corrected chi connectivity index (χ0v) is 14.1. The number of aromatic carboxylic acids is 1. The van der Waals surface area contributed by atoms with Crippen LogP contribution in [-0.4, -0.2) is 39.3 Å². The Morgan fingerprint density at radius 1 is 1.42 bits per heavy atom. The Morgan fingerprint density at radius 2 is 2.25 bits per heavy atom. The van der Waals surface area contributed by atoms with Gasteiger partial charge in [-0.25, -0.2) is 4.79 Å². The number of nitrogens with zero attached hydrogens (tertiary/aromatic N) is 3. The summed E-state index contributed by atoms with van der Waals surface area (Å²) in [6, 6.07) is 7.23. The van der Waals surface area contributed by atoms with Crippen molar-refractivity contribution in [2.75, 3.05) is 13.1 Å². The molecule has 0 unspecified atom stereocenters. The molecule has 0 amide bonds. The summed E-state index contributed by atoms with van der Waals surface area (Å²) in [7, 11) is 0. The van der Waals surface area contributed by atoms with Crippen molar-refractivity contribution < 1.29 is 14.3 Å². The van der Waals surface area contributed by atoms with Gasteiger partial charge in [-0.15, -0.1) is 10.2 Å². The number of benzene rings is 1. The predicted molar refractivity (Wildman–Crippen MR) is 88.9 cm³/mol. The Hall–Kier alpha value is -2.21. The van der Waals surface area contributed by atoms with E-state index in [9.17, 15) is 4.79 Å². The Balaban J connectivity index is 1.55. The summed E-state index contributed by atoms with van der Waals surface area (Å²) in [5, 5.41) is 17.3. The first kappa shape index (κ1) is 16.6. The molecule has 0 aliphatic carbocycles. The van der Waals surface area contributed by atoms with Gasteiger partial charge in [0.05, 0.1) is 12.1 Å². The second kappa shape index (κ2) is 7.13.